The lowest BCUT2D eigenvalue weighted by Crippen LogP contribution is -2.46. The van der Waals surface area contributed by atoms with Crippen LogP contribution in [0.3, 0.4) is 0 Å². The molecule has 0 heterocycles. The Bertz CT molecular complexity index is 356. The Morgan fingerprint density at radius 1 is 1.00 bits per heavy atom. The van der Waals surface area contributed by atoms with Crippen LogP contribution in [0.25, 0.3) is 0 Å². The van der Waals surface area contributed by atoms with Crippen molar-refractivity contribution in [2.24, 2.45) is 5.73 Å². The van der Waals surface area contributed by atoms with Gasteiger partial charge in [0.2, 0.25) is 0 Å². The van der Waals surface area contributed by atoms with Crippen molar-refractivity contribution in [2.45, 2.75) is 58.8 Å². The summed E-state index contributed by atoms with van der Waals surface area (Å²) in [5.74, 6) is -1.79. The molecule has 7 nitrogen and oxygen atoms in total. The van der Waals surface area contributed by atoms with Crippen LogP contribution >= 0.6 is 12.2 Å². The Hall–Kier alpha value is -1.41. The molecule has 0 saturated carbocycles. The van der Waals surface area contributed by atoms with Crippen LogP contribution in [0.2, 0.25) is 0 Å². The Morgan fingerprint density at radius 2 is 1.35 bits per heavy atom. The third-order valence-corrected chi connectivity index (χ3v) is 1.60. The van der Waals surface area contributed by atoms with E-state index in [1.165, 1.54) is 0 Å². The lowest BCUT2D eigenvalue weighted by atomic mass is 10.2. The highest BCUT2D eigenvalue weighted by molar-refractivity contribution is 7.80. The molecule has 0 saturated heterocycles. The zero-order valence-electron chi connectivity index (χ0n) is 12.6. The largest absolute Gasteiger partial charge is 0.458 e. The van der Waals surface area contributed by atoms with E-state index in [1.54, 1.807) is 41.5 Å². The van der Waals surface area contributed by atoms with Gasteiger partial charge in [0.15, 0.2) is 5.11 Å². The molecule has 0 aromatic heterocycles. The van der Waals surface area contributed by atoms with Gasteiger partial charge in [-0.25, -0.2) is 19.9 Å². The Morgan fingerprint density at radius 3 is 1.60 bits per heavy atom. The van der Waals surface area contributed by atoms with Crippen molar-refractivity contribution in [2.75, 3.05) is 0 Å². The summed E-state index contributed by atoms with van der Waals surface area (Å²) in [5.41, 5.74) is 5.73. The number of thiocarbonyl (C=S) groups is 1. The first kappa shape index (κ1) is 18.6. The summed E-state index contributed by atoms with van der Waals surface area (Å²) in [6.07, 6.45) is -1.62. The molecule has 0 aromatic rings. The molecule has 0 aliphatic carbocycles. The van der Waals surface area contributed by atoms with E-state index in [0.717, 1.165) is 0 Å². The van der Waals surface area contributed by atoms with Crippen LogP contribution in [0.4, 0.5) is 0 Å². The number of hydroxylamine groups is 1. The molecule has 8 heteroatoms. The number of ether oxygens (including phenoxy) is 2. The van der Waals surface area contributed by atoms with E-state index in [4.69, 9.17) is 20.0 Å². The minimum atomic E-state index is -1.62. The second-order valence-electron chi connectivity index (χ2n) is 6.03. The van der Waals surface area contributed by atoms with Gasteiger partial charge < -0.3 is 15.2 Å². The van der Waals surface area contributed by atoms with Crippen LogP contribution in [0.5, 0.6) is 0 Å². The number of rotatable bonds is 4. The fourth-order valence-electron chi connectivity index (χ4n) is 1.02. The summed E-state index contributed by atoms with van der Waals surface area (Å²) in [5, 5.41) is -0.220. The second kappa shape index (κ2) is 6.85. The van der Waals surface area contributed by atoms with Crippen LogP contribution in [0.1, 0.15) is 41.5 Å². The summed E-state index contributed by atoms with van der Waals surface area (Å²) in [7, 11) is 0. The summed E-state index contributed by atoms with van der Waals surface area (Å²) < 4.78 is 10.2. The summed E-state index contributed by atoms with van der Waals surface area (Å²) >= 11 is 4.54. The number of carbonyl (C=O) groups is 2. The molecule has 0 spiro atoms. The number of nitrogens with two attached hydrogens (primary N) is 1. The molecule has 0 aromatic carbocycles. The van der Waals surface area contributed by atoms with Gasteiger partial charge in [0, 0.05) is 0 Å². The zero-order valence-corrected chi connectivity index (χ0v) is 13.4. The van der Waals surface area contributed by atoms with Gasteiger partial charge in [-0.1, -0.05) is 0 Å². The highest BCUT2D eigenvalue weighted by Crippen LogP contribution is 2.13. The van der Waals surface area contributed by atoms with Crippen LogP contribution < -0.4 is 11.2 Å². The van der Waals surface area contributed by atoms with Crippen LogP contribution in [-0.2, 0) is 23.9 Å². The maximum Gasteiger partial charge on any atom is 0.350 e. The van der Waals surface area contributed by atoms with Gasteiger partial charge in [-0.2, -0.15) is 0 Å². The number of hydrogen-bond donors (Lipinski definition) is 2. The van der Waals surface area contributed by atoms with Crippen molar-refractivity contribution in [1.82, 2.24) is 5.48 Å². The smallest absolute Gasteiger partial charge is 0.350 e. The van der Waals surface area contributed by atoms with Gasteiger partial charge >= 0.3 is 11.9 Å². The molecule has 0 bridgehead atoms. The summed E-state index contributed by atoms with van der Waals surface area (Å²) in [6.45, 7) is 9.99. The van der Waals surface area contributed by atoms with E-state index in [1.807, 2.05) is 0 Å². The van der Waals surface area contributed by atoms with Crippen molar-refractivity contribution >= 4 is 29.3 Å². The van der Waals surface area contributed by atoms with E-state index < -0.39 is 29.2 Å². The zero-order chi connectivity index (χ0) is 16.1. The van der Waals surface area contributed by atoms with Crippen LogP contribution in [0.15, 0.2) is 0 Å². The minimum Gasteiger partial charge on any atom is -0.458 e. The first-order valence-electron chi connectivity index (χ1n) is 5.98. The molecule has 0 aliphatic heterocycles. The Kier molecular flexibility index (Phi) is 6.36. The predicted molar refractivity (Wildman–Crippen MR) is 76.5 cm³/mol. The molecular weight excluding hydrogens is 284 g/mol. The second-order valence-corrected chi connectivity index (χ2v) is 6.47. The lowest BCUT2D eigenvalue weighted by Gasteiger charge is -2.25. The van der Waals surface area contributed by atoms with E-state index in [9.17, 15) is 9.59 Å². The van der Waals surface area contributed by atoms with Crippen molar-refractivity contribution < 1.29 is 23.9 Å². The molecule has 0 aliphatic rings. The van der Waals surface area contributed by atoms with Crippen molar-refractivity contribution in [3.8, 4) is 0 Å². The first-order chi connectivity index (χ1) is 8.82. The Balaban J connectivity index is 4.93. The normalized spacial score (nSPS) is 11.9. The third-order valence-electron chi connectivity index (χ3n) is 1.52. The average Bonchev–Trinajstić information content (AvgIpc) is 2.10. The summed E-state index contributed by atoms with van der Waals surface area (Å²) in [6, 6.07) is 0. The molecule has 0 atom stereocenters. The highest BCUT2D eigenvalue weighted by atomic mass is 32.1. The maximum absolute atomic E-state index is 11.9. The number of carbonyl (C=O) groups excluding carboxylic acids is 2. The van der Waals surface area contributed by atoms with Crippen molar-refractivity contribution in [3.63, 3.8) is 0 Å². The molecule has 0 rings (SSSR count). The van der Waals surface area contributed by atoms with E-state index >= 15 is 0 Å². The van der Waals surface area contributed by atoms with Gasteiger partial charge in [0.05, 0.1) is 0 Å². The molecule has 0 unspecified atom stereocenters. The van der Waals surface area contributed by atoms with E-state index in [2.05, 4.69) is 17.7 Å². The van der Waals surface area contributed by atoms with Crippen LogP contribution in [0, 0.1) is 0 Å². The maximum atomic E-state index is 11.9. The lowest BCUT2D eigenvalue weighted by molar-refractivity contribution is -0.188. The first-order valence-corrected chi connectivity index (χ1v) is 6.39. The standard InChI is InChI=1S/C12H22N2O5S/c1-11(2,3)17-8(15)7(19-14-10(13)20)9(16)18-12(4,5)6/h7H,1-6H3,(H3,13,14,20). The Labute approximate surface area is 124 Å². The van der Waals surface area contributed by atoms with Crippen molar-refractivity contribution in [1.29, 1.82) is 0 Å². The van der Waals surface area contributed by atoms with E-state index in [-0.39, 0.29) is 5.11 Å². The average molecular weight is 306 g/mol. The topological polar surface area (TPSA) is 99.9 Å². The molecule has 0 amide bonds. The van der Waals surface area contributed by atoms with E-state index in [0.29, 0.717) is 0 Å². The number of esters is 2. The third kappa shape index (κ3) is 8.65. The van der Waals surface area contributed by atoms with Crippen LogP contribution in [-0.4, -0.2) is 34.4 Å². The SMILES string of the molecule is CC(C)(C)OC(=O)C(ONC(N)=S)C(=O)OC(C)(C)C. The monoisotopic (exact) mass is 306 g/mol. The van der Waals surface area contributed by atoms with Gasteiger partial charge in [-0.05, 0) is 53.8 Å². The molecule has 3 N–H and O–H groups in total. The quantitative estimate of drug-likeness (QED) is 0.340. The summed E-state index contributed by atoms with van der Waals surface area (Å²) in [4.78, 5) is 28.7. The minimum absolute atomic E-state index is 0.220. The molecule has 0 radical (unpaired) electrons. The van der Waals surface area contributed by atoms with Gasteiger partial charge in [0.25, 0.3) is 6.10 Å². The van der Waals surface area contributed by atoms with Gasteiger partial charge in [0.1, 0.15) is 11.2 Å². The molecule has 116 valence electrons. The highest BCUT2D eigenvalue weighted by Gasteiger charge is 2.36. The van der Waals surface area contributed by atoms with Gasteiger partial charge in [-0.3, -0.25) is 0 Å². The molecular formula is C12H22N2O5S. The van der Waals surface area contributed by atoms with Gasteiger partial charge in [-0.15, -0.1) is 0 Å². The predicted octanol–water partition coefficient (Wildman–Crippen LogP) is 0.803. The fraction of sp³-hybridized carbons (Fsp3) is 0.750. The fourth-order valence-corrected chi connectivity index (χ4v) is 1.07. The molecule has 20 heavy (non-hydrogen) atoms. The van der Waals surface area contributed by atoms with Crippen molar-refractivity contribution in [3.05, 3.63) is 0 Å². The number of hydrogen-bond acceptors (Lipinski definition) is 6. The molecule has 0 fully saturated rings. The number of nitrogens with one attached hydrogen (secondary N) is 1.